The van der Waals surface area contributed by atoms with E-state index in [9.17, 15) is 13.6 Å². The highest BCUT2D eigenvalue weighted by Gasteiger charge is 2.19. The molecule has 0 aliphatic heterocycles. The molecule has 0 fully saturated rings. The van der Waals surface area contributed by atoms with Gasteiger partial charge in [-0.3, -0.25) is 4.79 Å². The van der Waals surface area contributed by atoms with Gasteiger partial charge in [-0.15, -0.1) is 0 Å². The summed E-state index contributed by atoms with van der Waals surface area (Å²) < 4.78 is 28.5. The first-order valence-corrected chi connectivity index (χ1v) is 6.78. The molecular weight excluding hydrogens is 280 g/mol. The molecule has 0 aliphatic rings. The van der Waals surface area contributed by atoms with Crippen molar-refractivity contribution in [1.29, 1.82) is 0 Å². The van der Waals surface area contributed by atoms with Gasteiger partial charge >= 0.3 is 6.61 Å². The van der Waals surface area contributed by atoms with Crippen molar-refractivity contribution >= 4 is 5.91 Å². The Morgan fingerprint density at radius 2 is 2.14 bits per heavy atom. The molecule has 6 heteroatoms. The average molecular weight is 301 g/mol. The molecule has 4 nitrogen and oxygen atoms in total. The van der Waals surface area contributed by atoms with Crippen LogP contribution in [0.3, 0.4) is 0 Å². The third-order valence-electron chi connectivity index (χ3n) is 3.06. The largest absolute Gasteiger partial charge is 0.435 e. The van der Waals surface area contributed by atoms with Crippen molar-refractivity contribution in [3.05, 3.63) is 29.8 Å². The van der Waals surface area contributed by atoms with E-state index in [2.05, 4.69) is 10.1 Å². The van der Waals surface area contributed by atoms with Crippen molar-refractivity contribution in [3.63, 3.8) is 0 Å². The first-order chi connectivity index (χ1) is 9.84. The summed E-state index contributed by atoms with van der Waals surface area (Å²) in [6.07, 6.45) is 1.44. The van der Waals surface area contributed by atoms with E-state index in [1.165, 1.54) is 24.3 Å². The van der Waals surface area contributed by atoms with Crippen LogP contribution in [0.4, 0.5) is 8.78 Å². The van der Waals surface area contributed by atoms with E-state index in [-0.39, 0.29) is 29.2 Å². The summed E-state index contributed by atoms with van der Waals surface area (Å²) in [7, 11) is 0. The molecule has 1 aromatic rings. The SMILES string of the molecule is CC(C)(CCCO)CNC(=O)c1cccc(OC(F)F)c1. The summed E-state index contributed by atoms with van der Waals surface area (Å²) >= 11 is 0. The minimum Gasteiger partial charge on any atom is -0.435 e. The van der Waals surface area contributed by atoms with Crippen molar-refractivity contribution < 1.29 is 23.4 Å². The Hall–Kier alpha value is -1.69. The summed E-state index contributed by atoms with van der Waals surface area (Å²) in [5, 5.41) is 11.6. The maximum Gasteiger partial charge on any atom is 0.387 e. The molecule has 0 saturated carbocycles. The van der Waals surface area contributed by atoms with Gasteiger partial charge in [-0.25, -0.2) is 0 Å². The minimum absolute atomic E-state index is 0.0443. The number of carbonyl (C=O) groups excluding carboxylic acids is 1. The first kappa shape index (κ1) is 17.4. The molecule has 118 valence electrons. The Kier molecular flexibility index (Phi) is 6.55. The Morgan fingerprint density at radius 1 is 1.43 bits per heavy atom. The van der Waals surface area contributed by atoms with E-state index in [0.29, 0.717) is 13.0 Å². The maximum absolute atomic E-state index is 12.1. The van der Waals surface area contributed by atoms with Crippen molar-refractivity contribution in [1.82, 2.24) is 5.32 Å². The standard InChI is InChI=1S/C15H21F2NO3/c1-15(2,7-4-8-19)10-18-13(20)11-5-3-6-12(9-11)21-14(16)17/h3,5-6,9,14,19H,4,7-8,10H2,1-2H3,(H,18,20). The summed E-state index contributed by atoms with van der Waals surface area (Å²) in [5.41, 5.74) is 0.126. The van der Waals surface area contributed by atoms with Crippen molar-refractivity contribution in [2.24, 2.45) is 5.41 Å². The molecule has 21 heavy (non-hydrogen) atoms. The number of amides is 1. The molecule has 0 spiro atoms. The number of hydrogen-bond acceptors (Lipinski definition) is 3. The number of alkyl halides is 2. The lowest BCUT2D eigenvalue weighted by Gasteiger charge is -2.24. The number of ether oxygens (including phenoxy) is 1. The van der Waals surface area contributed by atoms with Gasteiger partial charge in [0, 0.05) is 18.7 Å². The van der Waals surface area contributed by atoms with Crippen LogP contribution < -0.4 is 10.1 Å². The fraction of sp³-hybridized carbons (Fsp3) is 0.533. The Balaban J connectivity index is 2.59. The summed E-state index contributed by atoms with van der Waals surface area (Å²) in [6, 6.07) is 5.67. The zero-order chi connectivity index (χ0) is 15.9. The van der Waals surface area contributed by atoms with Gasteiger partial charge in [0.05, 0.1) is 0 Å². The van der Waals surface area contributed by atoms with Gasteiger partial charge < -0.3 is 15.2 Å². The third-order valence-corrected chi connectivity index (χ3v) is 3.06. The van der Waals surface area contributed by atoms with E-state index in [4.69, 9.17) is 5.11 Å². The second kappa shape index (κ2) is 7.93. The van der Waals surface area contributed by atoms with Crippen LogP contribution in [0.25, 0.3) is 0 Å². The number of hydrogen-bond donors (Lipinski definition) is 2. The van der Waals surface area contributed by atoms with Gasteiger partial charge in [0.1, 0.15) is 5.75 Å². The van der Waals surface area contributed by atoms with E-state index in [1.54, 1.807) is 0 Å². The molecule has 0 heterocycles. The molecule has 0 aliphatic carbocycles. The van der Waals surface area contributed by atoms with Gasteiger partial charge in [-0.1, -0.05) is 19.9 Å². The highest BCUT2D eigenvalue weighted by Crippen LogP contribution is 2.21. The lowest BCUT2D eigenvalue weighted by molar-refractivity contribution is -0.0498. The van der Waals surface area contributed by atoms with Crippen LogP contribution in [0.2, 0.25) is 0 Å². The fourth-order valence-electron chi connectivity index (χ4n) is 1.88. The van der Waals surface area contributed by atoms with Gasteiger partial charge in [0.15, 0.2) is 0 Å². The number of carbonyl (C=O) groups is 1. The van der Waals surface area contributed by atoms with Crippen molar-refractivity contribution in [3.8, 4) is 5.75 Å². The third kappa shape index (κ3) is 6.53. The smallest absolute Gasteiger partial charge is 0.387 e. The molecule has 0 saturated heterocycles. The van der Waals surface area contributed by atoms with Gasteiger partial charge in [-0.2, -0.15) is 8.78 Å². The van der Waals surface area contributed by atoms with Crippen LogP contribution in [-0.4, -0.2) is 30.8 Å². The van der Waals surface area contributed by atoms with Crippen LogP contribution in [0.15, 0.2) is 24.3 Å². The maximum atomic E-state index is 12.1. The molecule has 1 rings (SSSR count). The van der Waals surface area contributed by atoms with Crippen LogP contribution in [0.1, 0.15) is 37.0 Å². The van der Waals surface area contributed by atoms with Crippen LogP contribution in [0, 0.1) is 5.41 Å². The number of nitrogens with one attached hydrogen (secondary N) is 1. The van der Waals surface area contributed by atoms with E-state index >= 15 is 0 Å². The highest BCUT2D eigenvalue weighted by atomic mass is 19.3. The van der Waals surface area contributed by atoms with Gasteiger partial charge in [0.2, 0.25) is 0 Å². The summed E-state index contributed by atoms with van der Waals surface area (Å²) in [6.45, 7) is 1.61. The number of aliphatic hydroxyl groups is 1. The van der Waals surface area contributed by atoms with Gasteiger partial charge in [-0.05, 0) is 36.5 Å². The zero-order valence-corrected chi connectivity index (χ0v) is 12.2. The average Bonchev–Trinajstić information content (AvgIpc) is 2.42. The second-order valence-corrected chi connectivity index (χ2v) is 5.58. The van der Waals surface area contributed by atoms with E-state index in [1.807, 2.05) is 13.8 Å². The molecule has 1 amide bonds. The number of halogens is 2. The number of aliphatic hydroxyl groups excluding tert-OH is 1. The first-order valence-electron chi connectivity index (χ1n) is 6.78. The van der Waals surface area contributed by atoms with E-state index < -0.39 is 6.61 Å². The van der Waals surface area contributed by atoms with Crippen LogP contribution in [-0.2, 0) is 0 Å². The summed E-state index contributed by atoms with van der Waals surface area (Å²) in [5.74, 6) is -0.385. The fourth-order valence-corrected chi connectivity index (χ4v) is 1.88. The quantitative estimate of drug-likeness (QED) is 0.776. The van der Waals surface area contributed by atoms with Crippen molar-refractivity contribution in [2.75, 3.05) is 13.2 Å². The molecule has 0 radical (unpaired) electrons. The Morgan fingerprint density at radius 3 is 2.76 bits per heavy atom. The number of benzene rings is 1. The molecule has 2 N–H and O–H groups in total. The highest BCUT2D eigenvalue weighted by molar-refractivity contribution is 5.94. The monoisotopic (exact) mass is 301 g/mol. The van der Waals surface area contributed by atoms with Crippen molar-refractivity contribution in [2.45, 2.75) is 33.3 Å². The van der Waals surface area contributed by atoms with Crippen LogP contribution >= 0.6 is 0 Å². The molecule has 0 aromatic heterocycles. The Labute approximate surface area is 123 Å². The molecule has 0 unspecified atom stereocenters. The molecule has 0 bridgehead atoms. The lowest BCUT2D eigenvalue weighted by atomic mass is 9.88. The van der Waals surface area contributed by atoms with Crippen LogP contribution in [0.5, 0.6) is 5.75 Å². The normalized spacial score (nSPS) is 11.5. The topological polar surface area (TPSA) is 58.6 Å². The molecule has 1 aromatic carbocycles. The lowest BCUT2D eigenvalue weighted by Crippen LogP contribution is -2.34. The van der Waals surface area contributed by atoms with E-state index in [0.717, 1.165) is 6.42 Å². The molecule has 0 atom stereocenters. The predicted octanol–water partition coefficient (Wildman–Crippen LogP) is 2.82. The molecular formula is C15H21F2NO3. The minimum atomic E-state index is -2.92. The summed E-state index contributed by atoms with van der Waals surface area (Å²) in [4.78, 5) is 12.0. The second-order valence-electron chi connectivity index (χ2n) is 5.58. The number of rotatable bonds is 8. The zero-order valence-electron chi connectivity index (χ0n) is 12.2. The predicted molar refractivity (Wildman–Crippen MR) is 75.5 cm³/mol. The Bertz CT molecular complexity index is 464. The van der Waals surface area contributed by atoms with Gasteiger partial charge in [0.25, 0.3) is 5.91 Å².